The molecule has 1 aliphatic rings. The first-order valence-corrected chi connectivity index (χ1v) is 8.55. The van der Waals surface area contributed by atoms with Gasteiger partial charge in [0, 0.05) is 12.6 Å². The molecule has 2 rings (SSSR count). The standard InChI is InChI=1S/C18H29N3O3.HI/c1-5-19-18(21-14-8-6-7-9-14)20-12-13-10-15(22-2)17(24-4)16(11-13)23-3;/h10-11,14H,5-9,12H2,1-4H3,(H2,19,20,21);1H. The molecule has 0 amide bonds. The van der Waals surface area contributed by atoms with Gasteiger partial charge in [0.2, 0.25) is 5.75 Å². The molecule has 0 aliphatic heterocycles. The van der Waals surface area contributed by atoms with E-state index in [1.165, 1.54) is 25.7 Å². The van der Waals surface area contributed by atoms with Crippen LogP contribution >= 0.6 is 24.0 Å². The molecule has 1 aromatic rings. The normalized spacial score (nSPS) is 14.6. The second-order valence-electron chi connectivity index (χ2n) is 5.85. The molecule has 0 atom stereocenters. The topological polar surface area (TPSA) is 64.1 Å². The fourth-order valence-corrected chi connectivity index (χ4v) is 2.98. The number of nitrogens with one attached hydrogen (secondary N) is 2. The Bertz CT molecular complexity index is 535. The Morgan fingerprint density at radius 2 is 1.68 bits per heavy atom. The Hall–Kier alpha value is -1.38. The van der Waals surface area contributed by atoms with Crippen molar-refractivity contribution in [2.24, 2.45) is 4.99 Å². The molecule has 6 nitrogen and oxygen atoms in total. The maximum absolute atomic E-state index is 5.40. The van der Waals surface area contributed by atoms with E-state index in [-0.39, 0.29) is 24.0 Å². The van der Waals surface area contributed by atoms with Crippen LogP contribution in [0.4, 0.5) is 0 Å². The van der Waals surface area contributed by atoms with Crippen molar-refractivity contribution < 1.29 is 14.2 Å². The van der Waals surface area contributed by atoms with Gasteiger partial charge in [-0.2, -0.15) is 0 Å². The molecule has 0 spiro atoms. The number of hydrogen-bond donors (Lipinski definition) is 2. The lowest BCUT2D eigenvalue weighted by atomic mass is 10.2. The van der Waals surface area contributed by atoms with Gasteiger partial charge in [0.25, 0.3) is 0 Å². The fourth-order valence-electron chi connectivity index (χ4n) is 2.98. The first-order valence-electron chi connectivity index (χ1n) is 8.55. The molecule has 0 aromatic heterocycles. The summed E-state index contributed by atoms with van der Waals surface area (Å²) in [6, 6.07) is 4.40. The van der Waals surface area contributed by atoms with Crippen LogP contribution in [-0.2, 0) is 6.54 Å². The van der Waals surface area contributed by atoms with E-state index in [0.717, 1.165) is 18.1 Å². The Kier molecular flexibility index (Phi) is 9.77. The van der Waals surface area contributed by atoms with Gasteiger partial charge in [0.15, 0.2) is 17.5 Å². The summed E-state index contributed by atoms with van der Waals surface area (Å²) in [4.78, 5) is 4.70. The number of ether oxygens (including phenoxy) is 3. The van der Waals surface area contributed by atoms with Gasteiger partial charge in [0.05, 0.1) is 27.9 Å². The van der Waals surface area contributed by atoms with Gasteiger partial charge in [-0.15, -0.1) is 24.0 Å². The molecule has 0 radical (unpaired) electrons. The van der Waals surface area contributed by atoms with E-state index in [1.807, 2.05) is 12.1 Å². The highest BCUT2D eigenvalue weighted by Gasteiger charge is 2.16. The molecule has 7 heteroatoms. The Labute approximate surface area is 167 Å². The largest absolute Gasteiger partial charge is 0.493 e. The molecule has 1 aliphatic carbocycles. The van der Waals surface area contributed by atoms with E-state index in [0.29, 0.717) is 29.8 Å². The van der Waals surface area contributed by atoms with Crippen LogP contribution < -0.4 is 24.8 Å². The van der Waals surface area contributed by atoms with Crippen LogP contribution in [0.15, 0.2) is 17.1 Å². The minimum atomic E-state index is 0. The van der Waals surface area contributed by atoms with Crippen LogP contribution in [0, 0.1) is 0 Å². The van der Waals surface area contributed by atoms with E-state index in [9.17, 15) is 0 Å². The van der Waals surface area contributed by atoms with Crippen molar-refractivity contribution in [2.45, 2.75) is 45.2 Å². The number of benzene rings is 1. The lowest BCUT2D eigenvalue weighted by molar-refractivity contribution is 0.324. The molecule has 0 saturated heterocycles. The second kappa shape index (κ2) is 11.3. The number of methoxy groups -OCH3 is 3. The van der Waals surface area contributed by atoms with E-state index in [2.05, 4.69) is 17.6 Å². The van der Waals surface area contributed by atoms with Gasteiger partial charge in [-0.05, 0) is 37.5 Å². The molecular weight excluding hydrogens is 433 g/mol. The zero-order chi connectivity index (χ0) is 17.4. The van der Waals surface area contributed by atoms with Crippen molar-refractivity contribution in [3.63, 3.8) is 0 Å². The van der Waals surface area contributed by atoms with Crippen molar-refractivity contribution in [3.8, 4) is 17.2 Å². The summed E-state index contributed by atoms with van der Waals surface area (Å²) in [7, 11) is 4.85. The fraction of sp³-hybridized carbons (Fsp3) is 0.611. The molecule has 0 unspecified atom stereocenters. The monoisotopic (exact) mass is 463 g/mol. The maximum Gasteiger partial charge on any atom is 0.203 e. The summed E-state index contributed by atoms with van der Waals surface area (Å²) in [6.07, 6.45) is 5.02. The maximum atomic E-state index is 5.40. The number of hydrogen-bond acceptors (Lipinski definition) is 4. The van der Waals surface area contributed by atoms with Gasteiger partial charge in [0.1, 0.15) is 0 Å². The number of aliphatic imine (C=N–C) groups is 1. The number of guanidine groups is 1. The van der Waals surface area contributed by atoms with Crippen molar-refractivity contribution in [1.82, 2.24) is 10.6 Å². The molecule has 1 saturated carbocycles. The van der Waals surface area contributed by atoms with Crippen LogP contribution in [0.2, 0.25) is 0 Å². The lowest BCUT2D eigenvalue weighted by Crippen LogP contribution is -2.42. The summed E-state index contributed by atoms with van der Waals surface area (Å²) in [5.74, 6) is 2.76. The summed E-state index contributed by atoms with van der Waals surface area (Å²) in [5, 5.41) is 6.83. The molecule has 2 N–H and O–H groups in total. The number of halogens is 1. The first-order chi connectivity index (χ1) is 11.7. The first kappa shape index (κ1) is 21.7. The minimum Gasteiger partial charge on any atom is -0.493 e. The van der Waals surface area contributed by atoms with E-state index < -0.39 is 0 Å². The van der Waals surface area contributed by atoms with Crippen LogP contribution in [0.1, 0.15) is 38.2 Å². The molecule has 142 valence electrons. The van der Waals surface area contributed by atoms with Gasteiger partial charge in [-0.25, -0.2) is 4.99 Å². The molecular formula is C18H30IN3O3. The van der Waals surface area contributed by atoms with E-state index in [1.54, 1.807) is 21.3 Å². The molecule has 0 bridgehead atoms. The minimum absolute atomic E-state index is 0. The van der Waals surface area contributed by atoms with E-state index in [4.69, 9.17) is 19.2 Å². The van der Waals surface area contributed by atoms with Gasteiger partial charge in [-0.1, -0.05) is 12.8 Å². The van der Waals surface area contributed by atoms with Crippen molar-refractivity contribution in [2.75, 3.05) is 27.9 Å². The van der Waals surface area contributed by atoms with Crippen molar-refractivity contribution in [1.29, 1.82) is 0 Å². The number of nitrogens with zero attached hydrogens (tertiary/aromatic N) is 1. The molecule has 1 fully saturated rings. The lowest BCUT2D eigenvalue weighted by Gasteiger charge is -2.17. The Morgan fingerprint density at radius 1 is 1.08 bits per heavy atom. The Morgan fingerprint density at radius 3 is 2.16 bits per heavy atom. The SMILES string of the molecule is CCNC(=NCc1cc(OC)c(OC)c(OC)c1)NC1CCCC1.I. The van der Waals surface area contributed by atoms with Gasteiger partial charge in [-0.3, -0.25) is 0 Å². The molecule has 0 heterocycles. The van der Waals surface area contributed by atoms with Crippen LogP contribution in [-0.4, -0.2) is 39.9 Å². The van der Waals surface area contributed by atoms with Gasteiger partial charge >= 0.3 is 0 Å². The third kappa shape index (κ3) is 6.13. The quantitative estimate of drug-likeness (QED) is 0.369. The zero-order valence-electron chi connectivity index (χ0n) is 15.6. The second-order valence-corrected chi connectivity index (χ2v) is 5.85. The number of rotatable bonds is 7. The summed E-state index contributed by atoms with van der Waals surface area (Å²) < 4.78 is 16.1. The Balaban J connectivity index is 0.00000312. The zero-order valence-corrected chi connectivity index (χ0v) is 17.9. The highest BCUT2D eigenvalue weighted by molar-refractivity contribution is 14.0. The van der Waals surface area contributed by atoms with Crippen molar-refractivity contribution >= 4 is 29.9 Å². The third-order valence-electron chi connectivity index (χ3n) is 4.18. The highest BCUT2D eigenvalue weighted by atomic mass is 127. The van der Waals surface area contributed by atoms with E-state index >= 15 is 0 Å². The predicted molar refractivity (Wildman–Crippen MR) is 112 cm³/mol. The van der Waals surface area contributed by atoms with Crippen LogP contribution in [0.3, 0.4) is 0 Å². The highest BCUT2D eigenvalue weighted by Crippen LogP contribution is 2.38. The summed E-state index contributed by atoms with van der Waals surface area (Å²) >= 11 is 0. The third-order valence-corrected chi connectivity index (χ3v) is 4.18. The average Bonchev–Trinajstić information content (AvgIpc) is 3.11. The molecule has 1 aromatic carbocycles. The van der Waals surface area contributed by atoms with Gasteiger partial charge < -0.3 is 24.8 Å². The average molecular weight is 463 g/mol. The molecule has 25 heavy (non-hydrogen) atoms. The van der Waals surface area contributed by atoms with Crippen LogP contribution in [0.5, 0.6) is 17.2 Å². The summed E-state index contributed by atoms with van der Waals surface area (Å²) in [6.45, 7) is 3.46. The summed E-state index contributed by atoms with van der Waals surface area (Å²) in [5.41, 5.74) is 1.01. The smallest absolute Gasteiger partial charge is 0.203 e. The van der Waals surface area contributed by atoms with Crippen LogP contribution in [0.25, 0.3) is 0 Å². The van der Waals surface area contributed by atoms with Crippen molar-refractivity contribution in [3.05, 3.63) is 17.7 Å². The predicted octanol–water partition coefficient (Wildman–Crippen LogP) is 3.33.